The van der Waals surface area contributed by atoms with Crippen LogP contribution in [0.25, 0.3) is 11.2 Å². The number of rotatable bonds is 14. The van der Waals surface area contributed by atoms with Crippen LogP contribution in [-0.4, -0.2) is 67.3 Å². The summed E-state index contributed by atoms with van der Waals surface area (Å²) in [5.41, 5.74) is 5.47. The van der Waals surface area contributed by atoms with E-state index in [-0.39, 0.29) is 31.3 Å². The van der Waals surface area contributed by atoms with Crippen LogP contribution in [0.5, 0.6) is 0 Å². The summed E-state index contributed by atoms with van der Waals surface area (Å²) in [6.45, 7) is 9.98. The molecule has 0 radical (unpaired) electrons. The Hall–Kier alpha value is -2.60. The van der Waals surface area contributed by atoms with Crippen LogP contribution < -0.4 is 10.8 Å². The summed E-state index contributed by atoms with van der Waals surface area (Å²) in [4.78, 5) is 35.9. The largest absolute Gasteiger partial charge is 0.481 e. The van der Waals surface area contributed by atoms with Crippen molar-refractivity contribution in [3.63, 3.8) is 0 Å². The number of nitrogen functional groups attached to an aromatic ring is 1. The fourth-order valence-corrected chi connectivity index (χ4v) is 5.02. The lowest BCUT2D eigenvalue weighted by atomic mass is 10.1. The van der Waals surface area contributed by atoms with Gasteiger partial charge in [0.1, 0.15) is 23.7 Å². The molecule has 13 nitrogen and oxygen atoms in total. The molecule has 0 saturated carbocycles. The summed E-state index contributed by atoms with van der Waals surface area (Å²) in [6, 6.07) is 0. The molecule has 196 valence electrons. The summed E-state index contributed by atoms with van der Waals surface area (Å²) in [5, 5.41) is 11.9. The highest BCUT2D eigenvalue weighted by molar-refractivity contribution is 7.56. The number of carbonyl (C=O) groups excluding carboxylic acids is 1. The number of carboxylic acids is 1. The normalized spacial score (nSPS) is 15.6. The molecule has 0 saturated heterocycles. The highest BCUT2D eigenvalue weighted by Gasteiger charge is 2.39. The minimum absolute atomic E-state index is 0.104. The van der Waals surface area contributed by atoms with Crippen LogP contribution in [-0.2, 0) is 34.7 Å². The zero-order valence-corrected chi connectivity index (χ0v) is 21.8. The number of hydrogen-bond acceptors (Lipinski definition) is 10. The van der Waals surface area contributed by atoms with Gasteiger partial charge in [-0.05, 0) is 41.0 Å². The van der Waals surface area contributed by atoms with Gasteiger partial charge in [0.05, 0.1) is 37.6 Å². The second-order valence-electron chi connectivity index (χ2n) is 9.16. The molecule has 0 fully saturated rings. The Kier molecular flexibility index (Phi) is 9.73. The van der Waals surface area contributed by atoms with Gasteiger partial charge in [-0.3, -0.25) is 14.2 Å². The number of carboxylic acid groups (broad SMARTS) is 1. The zero-order valence-electron chi connectivity index (χ0n) is 20.9. The van der Waals surface area contributed by atoms with E-state index in [9.17, 15) is 14.2 Å². The van der Waals surface area contributed by atoms with Crippen LogP contribution >= 0.6 is 7.52 Å². The molecule has 0 aromatic carbocycles. The van der Waals surface area contributed by atoms with Gasteiger partial charge in [-0.1, -0.05) is 6.92 Å². The number of imidazole rings is 1. The molecule has 2 heterocycles. The van der Waals surface area contributed by atoms with Crippen LogP contribution in [0.15, 0.2) is 12.7 Å². The van der Waals surface area contributed by atoms with Crippen molar-refractivity contribution >= 4 is 36.4 Å². The Bertz CT molecular complexity index is 1070. The number of anilines is 1. The Morgan fingerprint density at radius 1 is 1.23 bits per heavy atom. The molecule has 0 aliphatic heterocycles. The van der Waals surface area contributed by atoms with Crippen molar-refractivity contribution in [3.05, 3.63) is 12.7 Å². The van der Waals surface area contributed by atoms with Crippen molar-refractivity contribution in [3.8, 4) is 0 Å². The Morgan fingerprint density at radius 2 is 1.91 bits per heavy atom. The lowest BCUT2D eigenvalue weighted by Gasteiger charge is -2.31. The lowest BCUT2D eigenvalue weighted by molar-refractivity contribution is -0.153. The van der Waals surface area contributed by atoms with Crippen molar-refractivity contribution in [2.75, 3.05) is 18.7 Å². The van der Waals surface area contributed by atoms with E-state index in [2.05, 4.69) is 20.0 Å². The zero-order chi connectivity index (χ0) is 26.4. The fourth-order valence-electron chi connectivity index (χ4n) is 3.02. The summed E-state index contributed by atoms with van der Waals surface area (Å²) < 4.78 is 32.1. The monoisotopic (exact) mass is 514 g/mol. The number of aromatic nitrogens is 4. The number of nitrogens with one attached hydrogen (secondary N) is 1. The van der Waals surface area contributed by atoms with Crippen molar-refractivity contribution in [2.24, 2.45) is 5.92 Å². The molecule has 14 heteroatoms. The van der Waals surface area contributed by atoms with Gasteiger partial charge in [0.15, 0.2) is 11.5 Å². The van der Waals surface area contributed by atoms with Crippen molar-refractivity contribution in [2.45, 2.75) is 72.3 Å². The molecular formula is C21H35N6O7P. The summed E-state index contributed by atoms with van der Waals surface area (Å²) in [5.74, 6) is -2.02. The van der Waals surface area contributed by atoms with Crippen LogP contribution in [0.4, 0.5) is 5.82 Å². The van der Waals surface area contributed by atoms with E-state index in [1.165, 1.54) is 27.1 Å². The van der Waals surface area contributed by atoms with Gasteiger partial charge in [-0.25, -0.2) is 20.0 Å². The molecule has 0 aliphatic rings. The van der Waals surface area contributed by atoms with Gasteiger partial charge in [0.25, 0.3) is 7.52 Å². The number of fused-ring (bicyclic) bond motifs is 1. The number of carbonyl (C=O) groups is 2. The predicted octanol–water partition coefficient (Wildman–Crippen LogP) is 2.41. The first-order valence-electron chi connectivity index (χ1n) is 11.2. The third kappa shape index (κ3) is 8.24. The number of esters is 1. The minimum atomic E-state index is -3.76. The first-order chi connectivity index (χ1) is 16.2. The van der Waals surface area contributed by atoms with E-state index in [4.69, 9.17) is 24.8 Å². The lowest BCUT2D eigenvalue weighted by Crippen LogP contribution is -2.47. The van der Waals surface area contributed by atoms with E-state index in [0.717, 1.165) is 0 Å². The Labute approximate surface area is 204 Å². The molecule has 0 spiro atoms. The number of ether oxygens (including phenoxy) is 2. The number of nitrogens with zero attached hydrogens (tertiary/aromatic N) is 4. The smallest absolute Gasteiger partial charge is 0.326 e. The maximum absolute atomic E-state index is 13.7. The van der Waals surface area contributed by atoms with E-state index < -0.39 is 37.0 Å². The average molecular weight is 515 g/mol. The Morgan fingerprint density at radius 3 is 2.54 bits per heavy atom. The number of hydrogen-bond donors (Lipinski definition) is 3. The van der Waals surface area contributed by atoms with Crippen molar-refractivity contribution in [1.82, 2.24) is 24.6 Å². The van der Waals surface area contributed by atoms with E-state index in [0.29, 0.717) is 17.7 Å². The average Bonchev–Trinajstić information content (AvgIpc) is 3.15. The van der Waals surface area contributed by atoms with Crippen molar-refractivity contribution in [1.29, 1.82) is 0 Å². The van der Waals surface area contributed by atoms with Crippen LogP contribution in [0, 0.1) is 5.92 Å². The molecule has 2 aromatic heterocycles. The van der Waals surface area contributed by atoms with Gasteiger partial charge in [0, 0.05) is 0 Å². The molecule has 0 amide bonds. The third-order valence-corrected chi connectivity index (χ3v) is 6.98. The summed E-state index contributed by atoms with van der Waals surface area (Å²) in [7, 11) is -3.76. The predicted molar refractivity (Wildman–Crippen MR) is 129 cm³/mol. The molecule has 0 aliphatic carbocycles. The first kappa shape index (κ1) is 28.6. The standard InChI is InChI=1S/C21H35N6O7P/c1-13(2)34-20(30)21(5,6)26-35(31,33-8-7-14(3)19(28)29)12-32-15(4)9-27-11-25-16-17(22)23-10-24-18(16)27/h10-11,13-15H,7-9,12H2,1-6H3,(H,26,31)(H,28,29)(H2,22,23,24). The molecule has 3 atom stereocenters. The number of nitrogens with two attached hydrogens (primary N) is 1. The van der Waals surface area contributed by atoms with E-state index in [1.54, 1.807) is 31.7 Å². The number of aliphatic carboxylic acids is 1. The molecule has 2 aromatic rings. The van der Waals surface area contributed by atoms with Crippen LogP contribution in [0.1, 0.15) is 48.0 Å². The second-order valence-corrected chi connectivity index (χ2v) is 11.2. The maximum Gasteiger partial charge on any atom is 0.326 e. The molecule has 2 rings (SSSR count). The van der Waals surface area contributed by atoms with Crippen LogP contribution in [0.2, 0.25) is 0 Å². The maximum atomic E-state index is 13.7. The van der Waals surface area contributed by atoms with Gasteiger partial charge >= 0.3 is 11.9 Å². The molecule has 4 N–H and O–H groups in total. The van der Waals surface area contributed by atoms with E-state index in [1.807, 2.05) is 0 Å². The first-order valence-corrected chi connectivity index (χ1v) is 13.0. The second kappa shape index (κ2) is 11.9. The molecule has 3 unspecified atom stereocenters. The highest BCUT2D eigenvalue weighted by atomic mass is 31.2. The van der Waals surface area contributed by atoms with Gasteiger partial charge in [-0.2, -0.15) is 0 Å². The van der Waals surface area contributed by atoms with E-state index >= 15 is 0 Å². The summed E-state index contributed by atoms with van der Waals surface area (Å²) in [6.07, 6.45) is 1.85. The summed E-state index contributed by atoms with van der Waals surface area (Å²) >= 11 is 0. The van der Waals surface area contributed by atoms with Crippen molar-refractivity contribution < 1.29 is 33.3 Å². The van der Waals surface area contributed by atoms with Gasteiger partial charge < -0.3 is 29.4 Å². The van der Waals surface area contributed by atoms with Gasteiger partial charge in [0.2, 0.25) is 0 Å². The third-order valence-electron chi connectivity index (χ3n) is 4.99. The molecule has 35 heavy (non-hydrogen) atoms. The topological polar surface area (TPSA) is 181 Å². The quantitative estimate of drug-likeness (QED) is 0.248. The highest BCUT2D eigenvalue weighted by Crippen LogP contribution is 2.45. The van der Waals surface area contributed by atoms with Gasteiger partial charge in [-0.15, -0.1) is 0 Å². The fraction of sp³-hybridized carbons (Fsp3) is 0.667. The SMILES string of the molecule is CC(C)OC(=O)C(C)(C)NP(=O)(COC(C)Cn1cnc2c(N)ncnc21)OCCC(C)C(=O)O. The molecular weight excluding hydrogens is 479 g/mol. The van der Waals surface area contributed by atoms with Crippen LogP contribution in [0.3, 0.4) is 0 Å². The Balaban J connectivity index is 2.11. The molecule has 0 bridgehead atoms. The minimum Gasteiger partial charge on any atom is -0.481 e.